The van der Waals surface area contributed by atoms with E-state index in [-0.39, 0.29) is 30.6 Å². The maximum Gasteiger partial charge on any atom is 0.235 e. The third kappa shape index (κ3) is 4.20. The monoisotopic (exact) mass is 546 g/mol. The summed E-state index contributed by atoms with van der Waals surface area (Å²) in [5, 5.41) is 44.4. The Hall–Kier alpha value is -3.39. The van der Waals surface area contributed by atoms with Crippen LogP contribution < -0.4 is 16.0 Å². The molecule has 4 rings (SSSR count). The molecule has 0 spiro atoms. The van der Waals surface area contributed by atoms with E-state index in [9.17, 15) is 39.3 Å². The maximum atomic E-state index is 13.9. The number of nitrogens with zero attached hydrogens (tertiary/aromatic N) is 2. The first-order chi connectivity index (χ1) is 18.2. The molecule has 0 radical (unpaired) electrons. The Labute approximate surface area is 224 Å². The lowest BCUT2D eigenvalue weighted by atomic mass is 9.52. The lowest BCUT2D eigenvalue weighted by Gasteiger charge is -2.52. The summed E-state index contributed by atoms with van der Waals surface area (Å²) in [6.07, 6.45) is -1.05. The molecule has 1 aromatic carbocycles. The van der Waals surface area contributed by atoms with E-state index < -0.39 is 82.8 Å². The normalized spacial score (nSPS) is 30.9. The van der Waals surface area contributed by atoms with Crippen molar-refractivity contribution in [3.8, 4) is 5.75 Å². The zero-order chi connectivity index (χ0) is 29.1. The zero-order valence-electron chi connectivity index (χ0n) is 22.2. The smallest absolute Gasteiger partial charge is 0.235 e. The number of hydrogen-bond donors (Lipinski definition) is 6. The molecule has 3 aliphatic rings. The first-order valence-electron chi connectivity index (χ1n) is 12.6. The minimum atomic E-state index is -2.79. The van der Waals surface area contributed by atoms with Gasteiger partial charge >= 0.3 is 0 Å². The number of aliphatic hydroxyl groups excluding tert-OH is 2. The number of benzene rings is 1. The molecule has 212 valence electrons. The second kappa shape index (κ2) is 9.97. The molecule has 39 heavy (non-hydrogen) atoms. The summed E-state index contributed by atoms with van der Waals surface area (Å²) in [6, 6.07) is 0.415. The van der Waals surface area contributed by atoms with Gasteiger partial charge in [0.2, 0.25) is 5.91 Å². The third-order valence-electron chi connectivity index (χ3n) is 8.26. The van der Waals surface area contributed by atoms with Crippen LogP contribution in [-0.4, -0.2) is 113 Å². The number of nitrogens with one attached hydrogen (secondary N) is 1. The summed E-state index contributed by atoms with van der Waals surface area (Å²) in [6.45, 7) is -0.674. The highest BCUT2D eigenvalue weighted by atomic mass is 16.3. The first kappa shape index (κ1) is 28.6. The minimum absolute atomic E-state index is 0.0414. The largest absolute Gasteiger partial charge is 0.505 e. The first-order valence-corrected chi connectivity index (χ1v) is 12.6. The second-order valence-electron chi connectivity index (χ2n) is 11.0. The molecule has 0 saturated heterocycles. The Bertz CT molecular complexity index is 1260. The van der Waals surface area contributed by atoms with Gasteiger partial charge in [-0.1, -0.05) is 0 Å². The molecule has 0 aromatic heterocycles. The van der Waals surface area contributed by atoms with Crippen LogP contribution in [0.2, 0.25) is 0 Å². The molecule has 1 amide bonds. The van der Waals surface area contributed by atoms with Crippen LogP contribution in [0.25, 0.3) is 0 Å². The quantitative estimate of drug-likeness (QED) is 0.157. The van der Waals surface area contributed by atoms with Crippen molar-refractivity contribution in [2.75, 3.05) is 51.6 Å². The summed E-state index contributed by atoms with van der Waals surface area (Å²) in [4.78, 5) is 69.6. The molecule has 2 saturated carbocycles. The number of fused-ring (bicyclic) bond motifs is 3. The van der Waals surface area contributed by atoms with Gasteiger partial charge < -0.3 is 36.4 Å². The average molecular weight is 547 g/mol. The van der Waals surface area contributed by atoms with E-state index in [1.54, 1.807) is 25.1 Å². The van der Waals surface area contributed by atoms with Crippen molar-refractivity contribution in [2.24, 2.45) is 29.4 Å². The lowest BCUT2D eigenvalue weighted by Crippen LogP contribution is -2.74. The van der Waals surface area contributed by atoms with E-state index in [0.29, 0.717) is 11.3 Å². The number of rotatable bonds is 7. The van der Waals surface area contributed by atoms with E-state index in [1.807, 2.05) is 0 Å². The number of nitrogens with two attached hydrogens (primary N) is 1. The SMILES string of the molecule is CN(C)c1cc(NCC(O)CO)c(O)c2c1C[C@@H]1C[C@@H]3[C@@H](N(C)C)C(=O)C(C(N)=O)C(=O)[C@]3(O)C(=O)C1C2=O. The molecule has 0 heterocycles. The van der Waals surface area contributed by atoms with Crippen LogP contribution in [0.4, 0.5) is 11.4 Å². The summed E-state index contributed by atoms with van der Waals surface area (Å²) >= 11 is 0. The molecular formula is C26H34N4O9. The van der Waals surface area contributed by atoms with Crippen molar-refractivity contribution in [1.29, 1.82) is 0 Å². The van der Waals surface area contributed by atoms with Gasteiger partial charge in [0.1, 0.15) is 5.75 Å². The number of primary amides is 1. The zero-order valence-corrected chi connectivity index (χ0v) is 22.2. The highest BCUT2D eigenvalue weighted by Gasteiger charge is 2.69. The van der Waals surface area contributed by atoms with Gasteiger partial charge in [-0.05, 0) is 44.5 Å². The number of carbonyl (C=O) groups excluding carboxylic acids is 5. The summed E-state index contributed by atoms with van der Waals surface area (Å²) < 4.78 is 0. The molecule has 2 fully saturated rings. The van der Waals surface area contributed by atoms with Crippen LogP contribution in [-0.2, 0) is 25.6 Å². The number of anilines is 2. The molecule has 3 aliphatic carbocycles. The van der Waals surface area contributed by atoms with Gasteiger partial charge in [0.05, 0.1) is 35.9 Å². The number of amides is 1. The van der Waals surface area contributed by atoms with E-state index in [4.69, 9.17) is 10.8 Å². The van der Waals surface area contributed by atoms with E-state index >= 15 is 0 Å². The summed E-state index contributed by atoms with van der Waals surface area (Å²) in [7, 11) is 6.51. The number of aromatic hydroxyl groups is 1. The molecule has 0 aliphatic heterocycles. The fourth-order valence-corrected chi connectivity index (χ4v) is 6.48. The molecular weight excluding hydrogens is 512 g/mol. The highest BCUT2D eigenvalue weighted by molar-refractivity contribution is 6.32. The number of aliphatic hydroxyl groups is 3. The van der Waals surface area contributed by atoms with Crippen molar-refractivity contribution in [3.05, 3.63) is 17.2 Å². The Morgan fingerprint density at radius 2 is 1.82 bits per heavy atom. The number of carbonyl (C=O) groups is 5. The van der Waals surface area contributed by atoms with Gasteiger partial charge in [-0.2, -0.15) is 0 Å². The van der Waals surface area contributed by atoms with Crippen LogP contribution in [0, 0.1) is 23.7 Å². The van der Waals surface area contributed by atoms with Crippen molar-refractivity contribution in [2.45, 2.75) is 30.6 Å². The predicted molar refractivity (Wildman–Crippen MR) is 137 cm³/mol. The number of phenols is 1. The molecule has 13 nitrogen and oxygen atoms in total. The molecule has 13 heteroatoms. The summed E-state index contributed by atoms with van der Waals surface area (Å²) in [5.74, 6) is -11.2. The third-order valence-corrected chi connectivity index (χ3v) is 8.26. The fourth-order valence-electron chi connectivity index (χ4n) is 6.48. The Morgan fingerprint density at radius 3 is 2.36 bits per heavy atom. The number of ketones is 4. The summed E-state index contributed by atoms with van der Waals surface area (Å²) in [5.41, 5.74) is 3.47. The Kier molecular flexibility index (Phi) is 7.32. The van der Waals surface area contributed by atoms with Crippen molar-refractivity contribution in [1.82, 2.24) is 4.90 Å². The Balaban J connectivity index is 1.85. The molecule has 7 atom stereocenters. The van der Waals surface area contributed by atoms with E-state index in [2.05, 4.69) is 5.32 Å². The second-order valence-corrected chi connectivity index (χ2v) is 11.0. The topological polar surface area (TPSA) is 211 Å². The number of phenolic OH excluding ortho intramolecular Hbond substituents is 1. The van der Waals surface area contributed by atoms with Gasteiger partial charge in [-0.3, -0.25) is 28.9 Å². The van der Waals surface area contributed by atoms with Crippen molar-refractivity contribution in [3.63, 3.8) is 0 Å². The van der Waals surface area contributed by atoms with Crippen molar-refractivity contribution < 1.29 is 44.4 Å². The van der Waals surface area contributed by atoms with Crippen LogP contribution in [0.1, 0.15) is 22.3 Å². The highest BCUT2D eigenvalue weighted by Crippen LogP contribution is 2.52. The van der Waals surface area contributed by atoms with E-state index in [0.717, 1.165) is 0 Å². The maximum absolute atomic E-state index is 13.9. The predicted octanol–water partition coefficient (Wildman–Crippen LogP) is -2.30. The average Bonchev–Trinajstić information content (AvgIpc) is 2.84. The number of Topliss-reactive ketones (excluding diaryl/α,β-unsaturated/α-hetero) is 4. The van der Waals surface area contributed by atoms with Gasteiger partial charge in [0.15, 0.2) is 34.7 Å². The van der Waals surface area contributed by atoms with Gasteiger partial charge in [-0.15, -0.1) is 0 Å². The lowest BCUT2D eigenvalue weighted by molar-refractivity contribution is -0.181. The van der Waals surface area contributed by atoms with E-state index in [1.165, 1.54) is 19.0 Å². The molecule has 1 aromatic rings. The molecule has 7 N–H and O–H groups in total. The van der Waals surface area contributed by atoms with Gasteiger partial charge in [0, 0.05) is 32.2 Å². The fraction of sp³-hybridized carbons (Fsp3) is 0.577. The molecule has 3 unspecified atom stereocenters. The van der Waals surface area contributed by atoms with Crippen LogP contribution in [0.3, 0.4) is 0 Å². The number of hydrogen-bond acceptors (Lipinski definition) is 12. The van der Waals surface area contributed by atoms with Crippen LogP contribution >= 0.6 is 0 Å². The molecule has 0 bridgehead atoms. The minimum Gasteiger partial charge on any atom is -0.505 e. The van der Waals surface area contributed by atoms with Crippen LogP contribution in [0.15, 0.2) is 6.07 Å². The Morgan fingerprint density at radius 1 is 1.18 bits per heavy atom. The number of likely N-dealkylation sites (N-methyl/N-ethyl adjacent to an activating group) is 1. The van der Waals surface area contributed by atoms with Gasteiger partial charge in [-0.25, -0.2) is 0 Å². The van der Waals surface area contributed by atoms with Gasteiger partial charge in [0.25, 0.3) is 0 Å². The van der Waals surface area contributed by atoms with Crippen molar-refractivity contribution >= 4 is 40.4 Å². The standard InChI is InChI=1S/C26H34N4O9/c1-29(2)15-7-14(28-8-11(32)9-31)20(33)17-12(15)5-10-6-13-19(30(3)4)22(35)18(25(27)38)24(37)26(13,39)23(36)16(10)21(17)34/h7,10-11,13,16,18-19,28,31-33,39H,5-6,8-9H2,1-4H3,(H2,27,38)/t10-,11?,13-,16?,18?,19-,26-/m1/s1. The van der Waals surface area contributed by atoms with Crippen LogP contribution in [0.5, 0.6) is 5.75 Å².